The number of nitrogens with zero attached hydrogens (tertiary/aromatic N) is 2. The third-order valence-electron chi connectivity index (χ3n) is 7.39. The first-order chi connectivity index (χ1) is 17.6. The van der Waals surface area contributed by atoms with E-state index in [-0.39, 0.29) is 18.2 Å². The highest BCUT2D eigenvalue weighted by molar-refractivity contribution is 5.96. The zero-order chi connectivity index (χ0) is 26.2. The van der Waals surface area contributed by atoms with Crippen LogP contribution >= 0.6 is 0 Å². The molecule has 0 bridgehead atoms. The summed E-state index contributed by atoms with van der Waals surface area (Å²) < 4.78 is 38.5. The van der Waals surface area contributed by atoms with Gasteiger partial charge in [-0.2, -0.15) is 13.2 Å². The van der Waals surface area contributed by atoms with Crippen LogP contribution in [0.2, 0.25) is 0 Å². The van der Waals surface area contributed by atoms with Crippen LogP contribution in [0.25, 0.3) is 11.0 Å². The summed E-state index contributed by atoms with van der Waals surface area (Å²) in [5.74, 6) is -1.13. The highest BCUT2D eigenvalue weighted by atomic mass is 19.4. The number of aliphatic hydroxyl groups is 1. The lowest BCUT2D eigenvalue weighted by atomic mass is 9.76. The van der Waals surface area contributed by atoms with Crippen LogP contribution in [0.4, 0.5) is 13.2 Å². The molecule has 5 rings (SSSR count). The molecule has 4 N–H and O–H groups in total. The molecule has 2 heterocycles. The smallest absolute Gasteiger partial charge is 0.385 e. The van der Waals surface area contributed by atoms with Crippen LogP contribution in [-0.4, -0.2) is 63.5 Å². The predicted octanol–water partition coefficient (Wildman–Crippen LogP) is 2.94. The Bertz CT molecular complexity index is 1290. The Kier molecular flexibility index (Phi) is 6.67. The van der Waals surface area contributed by atoms with Crippen molar-refractivity contribution in [3.8, 4) is 0 Å². The number of imidazole rings is 1. The third kappa shape index (κ3) is 5.47. The van der Waals surface area contributed by atoms with Gasteiger partial charge in [0.15, 0.2) is 0 Å². The number of hydrogen-bond donors (Lipinski definition) is 4. The minimum atomic E-state index is -4.55. The zero-order valence-corrected chi connectivity index (χ0v) is 20.0. The van der Waals surface area contributed by atoms with Gasteiger partial charge in [0.25, 0.3) is 5.91 Å². The van der Waals surface area contributed by atoms with Crippen molar-refractivity contribution >= 4 is 22.8 Å². The molecule has 1 saturated heterocycles. The molecule has 37 heavy (non-hydrogen) atoms. The molecule has 1 saturated carbocycles. The molecule has 196 valence electrons. The van der Waals surface area contributed by atoms with Crippen molar-refractivity contribution in [2.24, 2.45) is 0 Å². The standard InChI is InChI=1S/C26H28F3N5O3/c27-26(28,29)18-3-1-2-16(10-18)24(36)30-12-23(35)33-19-13-34(14-19)20-6-8-25(37,9-7-20)17-4-5-21-22(11-17)32-15-31-21/h1-5,10-11,15,19-20,37H,6-9,12-14H2,(H,30,36)(H,31,32)(H,33,35)/t20-,25-. The van der Waals surface area contributed by atoms with Gasteiger partial charge in [0.1, 0.15) is 0 Å². The van der Waals surface area contributed by atoms with Crippen molar-refractivity contribution in [2.45, 2.75) is 49.5 Å². The summed E-state index contributed by atoms with van der Waals surface area (Å²) in [6, 6.07) is 10.2. The molecule has 2 fully saturated rings. The molecule has 1 aromatic heterocycles. The molecule has 0 unspecified atom stereocenters. The number of amides is 2. The lowest BCUT2D eigenvalue weighted by Crippen LogP contribution is -2.63. The molecule has 3 aromatic rings. The topological polar surface area (TPSA) is 110 Å². The number of hydrogen-bond acceptors (Lipinski definition) is 5. The summed E-state index contributed by atoms with van der Waals surface area (Å²) in [5.41, 5.74) is 0.721. The molecule has 1 aliphatic carbocycles. The number of rotatable bonds is 6. The Balaban J connectivity index is 1.04. The zero-order valence-electron chi connectivity index (χ0n) is 20.0. The maximum absolute atomic E-state index is 12.8. The number of carbonyl (C=O) groups is 2. The number of H-pyrrole nitrogens is 1. The van der Waals surface area contributed by atoms with E-state index in [0.29, 0.717) is 32.0 Å². The monoisotopic (exact) mass is 515 g/mol. The summed E-state index contributed by atoms with van der Waals surface area (Å²) in [4.78, 5) is 34.0. The maximum atomic E-state index is 12.8. The summed E-state index contributed by atoms with van der Waals surface area (Å²) in [7, 11) is 0. The van der Waals surface area contributed by atoms with Gasteiger partial charge in [-0.3, -0.25) is 14.5 Å². The Morgan fingerprint density at radius 3 is 2.62 bits per heavy atom. The fourth-order valence-electron chi connectivity index (χ4n) is 5.24. The molecule has 2 aliphatic rings. The van der Waals surface area contributed by atoms with Crippen molar-refractivity contribution in [2.75, 3.05) is 19.6 Å². The van der Waals surface area contributed by atoms with Crippen LogP contribution in [0.5, 0.6) is 0 Å². The van der Waals surface area contributed by atoms with Crippen LogP contribution in [0.3, 0.4) is 0 Å². The van der Waals surface area contributed by atoms with Crippen LogP contribution in [-0.2, 0) is 16.6 Å². The van der Waals surface area contributed by atoms with Gasteiger partial charge in [-0.05, 0) is 61.6 Å². The van der Waals surface area contributed by atoms with Gasteiger partial charge in [-0.25, -0.2) is 4.98 Å². The molecule has 8 nitrogen and oxygen atoms in total. The van der Waals surface area contributed by atoms with Crippen LogP contribution in [0, 0.1) is 0 Å². The van der Waals surface area contributed by atoms with E-state index in [9.17, 15) is 27.9 Å². The highest BCUT2D eigenvalue weighted by Gasteiger charge is 2.40. The molecular weight excluding hydrogens is 487 g/mol. The van der Waals surface area contributed by atoms with Crippen molar-refractivity contribution in [1.82, 2.24) is 25.5 Å². The first-order valence-electron chi connectivity index (χ1n) is 12.3. The average molecular weight is 516 g/mol. The van der Waals surface area contributed by atoms with Crippen LogP contribution in [0.1, 0.15) is 47.2 Å². The van der Waals surface area contributed by atoms with E-state index < -0.39 is 29.2 Å². The summed E-state index contributed by atoms with van der Waals surface area (Å²) in [6.45, 7) is 1.04. The Labute approximate surface area is 211 Å². The van der Waals surface area contributed by atoms with Gasteiger partial charge in [0, 0.05) is 24.7 Å². The Morgan fingerprint density at radius 2 is 1.89 bits per heavy atom. The van der Waals surface area contributed by atoms with Crippen LogP contribution < -0.4 is 10.6 Å². The molecule has 2 aromatic carbocycles. The fourth-order valence-corrected chi connectivity index (χ4v) is 5.24. The molecular formula is C26H28F3N5O3. The van der Waals surface area contributed by atoms with Crippen LogP contribution in [0.15, 0.2) is 48.8 Å². The maximum Gasteiger partial charge on any atom is 0.416 e. The SMILES string of the molecule is O=C(CNC(=O)c1cccc(C(F)(F)F)c1)NC1CN([C@H]2CC[C@@](O)(c3ccc4nc[nH]c4c3)CC2)C1. The van der Waals surface area contributed by atoms with E-state index in [0.717, 1.165) is 47.6 Å². The molecule has 0 spiro atoms. The number of nitrogens with one attached hydrogen (secondary N) is 3. The second-order valence-electron chi connectivity index (χ2n) is 9.88. The van der Waals surface area contributed by atoms with E-state index in [4.69, 9.17) is 0 Å². The molecule has 1 aliphatic heterocycles. The van der Waals surface area contributed by atoms with Crippen molar-refractivity contribution < 1.29 is 27.9 Å². The second kappa shape index (κ2) is 9.79. The first-order valence-corrected chi connectivity index (χ1v) is 12.3. The Hall–Kier alpha value is -3.44. The minimum absolute atomic E-state index is 0.0541. The lowest BCUT2D eigenvalue weighted by Gasteiger charge is -2.48. The quantitative estimate of drug-likeness (QED) is 0.404. The normalized spacial score (nSPS) is 23.0. The van der Waals surface area contributed by atoms with Gasteiger partial charge in [-0.1, -0.05) is 12.1 Å². The summed E-state index contributed by atoms with van der Waals surface area (Å²) in [6.07, 6.45) is 0.0588. The van der Waals surface area contributed by atoms with E-state index in [1.54, 1.807) is 6.33 Å². The number of benzene rings is 2. The number of halogens is 3. The number of fused-ring (bicyclic) bond motifs is 1. The van der Waals surface area contributed by atoms with Gasteiger partial charge < -0.3 is 20.7 Å². The minimum Gasteiger partial charge on any atom is -0.385 e. The van der Waals surface area contributed by atoms with E-state index in [1.807, 2.05) is 18.2 Å². The van der Waals surface area contributed by atoms with Crippen molar-refractivity contribution in [3.05, 3.63) is 65.5 Å². The van der Waals surface area contributed by atoms with E-state index in [2.05, 4.69) is 25.5 Å². The number of aromatic nitrogens is 2. The summed E-state index contributed by atoms with van der Waals surface area (Å²) >= 11 is 0. The Morgan fingerprint density at radius 1 is 1.14 bits per heavy atom. The average Bonchev–Trinajstić information content (AvgIpc) is 3.33. The van der Waals surface area contributed by atoms with Crippen molar-refractivity contribution in [3.63, 3.8) is 0 Å². The predicted molar refractivity (Wildman–Crippen MR) is 130 cm³/mol. The fraction of sp³-hybridized carbons (Fsp3) is 0.423. The van der Waals surface area contributed by atoms with Gasteiger partial charge in [0.05, 0.1) is 41.1 Å². The highest BCUT2D eigenvalue weighted by Crippen LogP contribution is 2.40. The lowest BCUT2D eigenvalue weighted by molar-refractivity contribution is -0.137. The number of likely N-dealkylation sites (tertiary alicyclic amines) is 1. The van der Waals surface area contributed by atoms with Gasteiger partial charge in [-0.15, -0.1) is 0 Å². The number of alkyl halides is 3. The second-order valence-corrected chi connectivity index (χ2v) is 9.88. The molecule has 2 amide bonds. The molecule has 11 heteroatoms. The summed E-state index contributed by atoms with van der Waals surface area (Å²) in [5, 5.41) is 16.5. The van der Waals surface area contributed by atoms with Gasteiger partial charge in [0.2, 0.25) is 5.91 Å². The van der Waals surface area contributed by atoms with Crippen molar-refractivity contribution in [1.29, 1.82) is 0 Å². The largest absolute Gasteiger partial charge is 0.416 e. The van der Waals surface area contributed by atoms with E-state index >= 15 is 0 Å². The van der Waals surface area contributed by atoms with Gasteiger partial charge >= 0.3 is 6.18 Å². The molecule has 0 atom stereocenters. The molecule has 0 radical (unpaired) electrons. The third-order valence-corrected chi connectivity index (χ3v) is 7.39. The van der Waals surface area contributed by atoms with E-state index in [1.165, 1.54) is 6.07 Å². The number of carbonyl (C=O) groups excluding carboxylic acids is 2. The number of aromatic amines is 1. The first kappa shape index (κ1) is 25.2.